The molecule has 1 aromatic rings. The molecule has 2 rings (SSSR count). The van der Waals surface area contributed by atoms with Gasteiger partial charge in [0.15, 0.2) is 0 Å². The van der Waals surface area contributed by atoms with Crippen molar-refractivity contribution in [2.75, 3.05) is 25.1 Å². The van der Waals surface area contributed by atoms with Crippen LogP contribution in [0.5, 0.6) is 0 Å². The second kappa shape index (κ2) is 3.51. The number of nitrogens with two attached hydrogens (primary N) is 1. The third-order valence-corrected chi connectivity index (χ3v) is 3.20. The van der Waals surface area contributed by atoms with Gasteiger partial charge in [0, 0.05) is 19.3 Å². The lowest BCUT2D eigenvalue weighted by Crippen LogP contribution is -2.36. The molecule has 1 aromatic carbocycles. The van der Waals surface area contributed by atoms with E-state index in [4.69, 9.17) is 5.73 Å². The van der Waals surface area contributed by atoms with Gasteiger partial charge >= 0.3 is 0 Å². The van der Waals surface area contributed by atoms with Gasteiger partial charge < -0.3 is 15.7 Å². The van der Waals surface area contributed by atoms with Gasteiger partial charge in [-0.2, -0.15) is 0 Å². The molecule has 3 N–H and O–H groups in total. The van der Waals surface area contributed by atoms with Crippen molar-refractivity contribution < 1.29 is 5.11 Å². The van der Waals surface area contributed by atoms with Crippen LogP contribution in [0.25, 0.3) is 0 Å². The van der Waals surface area contributed by atoms with Crippen LogP contribution in [0.1, 0.15) is 18.1 Å². The molecule has 0 aliphatic carbocycles. The van der Waals surface area contributed by atoms with Crippen LogP contribution in [-0.4, -0.2) is 25.3 Å². The minimum absolute atomic E-state index is 0.0262. The molecule has 82 valence electrons. The summed E-state index contributed by atoms with van der Waals surface area (Å²) in [6.07, 6.45) is 1.07. The Morgan fingerprint density at radius 2 is 2.27 bits per heavy atom. The fraction of sp³-hybridized carbons (Fsp3) is 0.500. The van der Waals surface area contributed by atoms with E-state index in [1.165, 1.54) is 11.3 Å². The largest absolute Gasteiger partial charge is 0.394 e. The van der Waals surface area contributed by atoms with Gasteiger partial charge in [0.2, 0.25) is 0 Å². The topological polar surface area (TPSA) is 49.5 Å². The van der Waals surface area contributed by atoms with Crippen LogP contribution >= 0.6 is 0 Å². The highest BCUT2D eigenvalue weighted by atomic mass is 16.3. The van der Waals surface area contributed by atoms with Gasteiger partial charge in [-0.05, 0) is 30.5 Å². The SMILES string of the molecule is CN1CCc2cc(C(C)(N)CO)ccc21. The molecule has 1 unspecified atom stereocenters. The molecule has 15 heavy (non-hydrogen) atoms. The van der Waals surface area contributed by atoms with Crippen molar-refractivity contribution in [2.24, 2.45) is 5.73 Å². The Morgan fingerprint density at radius 3 is 2.93 bits per heavy atom. The van der Waals surface area contributed by atoms with Crippen LogP contribution in [0, 0.1) is 0 Å². The van der Waals surface area contributed by atoms with Gasteiger partial charge in [-0.3, -0.25) is 0 Å². The molecule has 1 aliphatic heterocycles. The second-order valence-corrected chi connectivity index (χ2v) is 4.59. The number of anilines is 1. The van der Waals surface area contributed by atoms with Gasteiger partial charge in [-0.25, -0.2) is 0 Å². The monoisotopic (exact) mass is 206 g/mol. The minimum atomic E-state index is -0.629. The molecule has 1 aliphatic rings. The second-order valence-electron chi connectivity index (χ2n) is 4.59. The van der Waals surface area contributed by atoms with Gasteiger partial charge in [0.05, 0.1) is 12.1 Å². The predicted molar refractivity (Wildman–Crippen MR) is 62.0 cm³/mol. The smallest absolute Gasteiger partial charge is 0.0650 e. The van der Waals surface area contributed by atoms with Crippen LogP contribution in [-0.2, 0) is 12.0 Å². The summed E-state index contributed by atoms with van der Waals surface area (Å²) < 4.78 is 0. The van der Waals surface area contributed by atoms with E-state index in [0.717, 1.165) is 18.5 Å². The van der Waals surface area contributed by atoms with E-state index < -0.39 is 5.54 Å². The van der Waals surface area contributed by atoms with E-state index >= 15 is 0 Å². The summed E-state index contributed by atoms with van der Waals surface area (Å²) in [6.45, 7) is 2.90. The Kier molecular flexibility index (Phi) is 2.44. The van der Waals surface area contributed by atoms with Crippen molar-refractivity contribution in [3.63, 3.8) is 0 Å². The highest BCUT2D eigenvalue weighted by molar-refractivity contribution is 5.59. The van der Waals surface area contributed by atoms with E-state index in [9.17, 15) is 5.11 Å². The molecule has 1 heterocycles. The Hall–Kier alpha value is -1.06. The van der Waals surface area contributed by atoms with Gasteiger partial charge in [0.1, 0.15) is 0 Å². The maximum Gasteiger partial charge on any atom is 0.0650 e. The lowest BCUT2D eigenvalue weighted by atomic mass is 9.92. The maximum atomic E-state index is 9.21. The van der Waals surface area contributed by atoms with Crippen LogP contribution in [0.4, 0.5) is 5.69 Å². The summed E-state index contributed by atoms with van der Waals surface area (Å²) in [5, 5.41) is 9.21. The highest BCUT2D eigenvalue weighted by Crippen LogP contribution is 2.30. The fourth-order valence-electron chi connectivity index (χ4n) is 2.01. The quantitative estimate of drug-likeness (QED) is 0.754. The average Bonchev–Trinajstić information content (AvgIpc) is 2.60. The van der Waals surface area contributed by atoms with Gasteiger partial charge in [-0.1, -0.05) is 12.1 Å². The van der Waals surface area contributed by atoms with Crippen molar-refractivity contribution >= 4 is 5.69 Å². The Balaban J connectivity index is 2.39. The highest BCUT2D eigenvalue weighted by Gasteiger charge is 2.23. The third-order valence-electron chi connectivity index (χ3n) is 3.20. The maximum absolute atomic E-state index is 9.21. The van der Waals surface area contributed by atoms with Crippen LogP contribution in [0.2, 0.25) is 0 Å². The lowest BCUT2D eigenvalue weighted by molar-refractivity contribution is 0.210. The zero-order chi connectivity index (χ0) is 11.1. The van der Waals surface area contributed by atoms with Crippen molar-refractivity contribution in [1.82, 2.24) is 0 Å². The first-order valence-corrected chi connectivity index (χ1v) is 5.29. The predicted octanol–water partition coefficient (Wildman–Crippen LogP) is 0.845. The van der Waals surface area contributed by atoms with E-state index in [1.54, 1.807) is 0 Å². The number of fused-ring (bicyclic) bond motifs is 1. The molecular weight excluding hydrogens is 188 g/mol. The Morgan fingerprint density at radius 1 is 1.53 bits per heavy atom. The number of aliphatic hydroxyl groups excluding tert-OH is 1. The first-order valence-electron chi connectivity index (χ1n) is 5.29. The zero-order valence-electron chi connectivity index (χ0n) is 9.33. The normalized spacial score (nSPS) is 18.8. The first kappa shape index (κ1) is 10.5. The van der Waals surface area contributed by atoms with E-state index in [0.29, 0.717) is 0 Å². The molecule has 0 saturated heterocycles. The molecule has 0 saturated carbocycles. The van der Waals surface area contributed by atoms with Crippen LogP contribution in [0.15, 0.2) is 18.2 Å². The van der Waals surface area contributed by atoms with Gasteiger partial charge in [0.25, 0.3) is 0 Å². The van der Waals surface area contributed by atoms with Crippen molar-refractivity contribution in [3.8, 4) is 0 Å². The summed E-state index contributed by atoms with van der Waals surface area (Å²) in [5.74, 6) is 0. The molecule has 0 spiro atoms. The molecule has 0 aromatic heterocycles. The molecule has 3 heteroatoms. The number of rotatable bonds is 2. The minimum Gasteiger partial charge on any atom is -0.394 e. The summed E-state index contributed by atoms with van der Waals surface area (Å²) in [5.41, 5.74) is 9.00. The first-order chi connectivity index (χ1) is 7.04. The fourth-order valence-corrected chi connectivity index (χ4v) is 2.01. The lowest BCUT2D eigenvalue weighted by Gasteiger charge is -2.23. The number of aliphatic hydroxyl groups is 1. The van der Waals surface area contributed by atoms with Crippen LogP contribution in [0.3, 0.4) is 0 Å². The molecule has 0 amide bonds. The van der Waals surface area contributed by atoms with E-state index in [2.05, 4.69) is 24.1 Å². The van der Waals surface area contributed by atoms with Crippen LogP contribution < -0.4 is 10.6 Å². The van der Waals surface area contributed by atoms with E-state index in [-0.39, 0.29) is 6.61 Å². The number of likely N-dealkylation sites (N-methyl/N-ethyl adjacent to an activating group) is 1. The Labute approximate surface area is 90.5 Å². The Bertz CT molecular complexity index is 374. The van der Waals surface area contributed by atoms with E-state index in [1.807, 2.05) is 13.0 Å². The van der Waals surface area contributed by atoms with Crippen molar-refractivity contribution in [2.45, 2.75) is 18.9 Å². The molecule has 1 atom stereocenters. The standard InChI is InChI=1S/C12H18N2O/c1-12(13,8-15)10-3-4-11-9(7-10)5-6-14(11)2/h3-4,7,15H,5-6,8,13H2,1-2H3. The molecule has 3 nitrogen and oxygen atoms in total. The summed E-state index contributed by atoms with van der Waals surface area (Å²) in [4.78, 5) is 2.24. The zero-order valence-corrected chi connectivity index (χ0v) is 9.33. The number of nitrogens with zero attached hydrogens (tertiary/aromatic N) is 1. The molecule has 0 radical (unpaired) electrons. The average molecular weight is 206 g/mol. The number of hydrogen-bond donors (Lipinski definition) is 2. The summed E-state index contributed by atoms with van der Waals surface area (Å²) >= 11 is 0. The molecule has 0 bridgehead atoms. The number of benzene rings is 1. The van der Waals surface area contributed by atoms with Gasteiger partial charge in [-0.15, -0.1) is 0 Å². The van der Waals surface area contributed by atoms with Crippen molar-refractivity contribution in [1.29, 1.82) is 0 Å². The van der Waals surface area contributed by atoms with Crippen molar-refractivity contribution in [3.05, 3.63) is 29.3 Å². The summed E-state index contributed by atoms with van der Waals surface area (Å²) in [7, 11) is 2.10. The number of hydrogen-bond acceptors (Lipinski definition) is 3. The summed E-state index contributed by atoms with van der Waals surface area (Å²) in [6, 6.07) is 6.23. The molecule has 0 fully saturated rings. The molecular formula is C12H18N2O. The third kappa shape index (κ3) is 1.73.